The summed E-state index contributed by atoms with van der Waals surface area (Å²) in [7, 11) is 3.37. The molecule has 5 nitrogen and oxygen atoms in total. The van der Waals surface area contributed by atoms with Crippen LogP contribution in [0.2, 0.25) is 0 Å². The van der Waals surface area contributed by atoms with Crippen molar-refractivity contribution in [2.45, 2.75) is 13.5 Å². The SMILES string of the molecule is CCOc1cc(NC(=NC)NCc2cc(Br)cs2)ccc1OC. The molecular weight excluding hydrogens is 378 g/mol. The van der Waals surface area contributed by atoms with Crippen molar-refractivity contribution in [3.63, 3.8) is 0 Å². The van der Waals surface area contributed by atoms with Crippen molar-refractivity contribution in [2.24, 2.45) is 4.99 Å². The Balaban J connectivity index is 2.02. The van der Waals surface area contributed by atoms with Crippen LogP contribution in [0, 0.1) is 0 Å². The summed E-state index contributed by atoms with van der Waals surface area (Å²) in [5.41, 5.74) is 0.884. The quantitative estimate of drug-likeness (QED) is 0.568. The van der Waals surface area contributed by atoms with Crippen molar-refractivity contribution in [1.29, 1.82) is 0 Å². The Bertz CT molecular complexity index is 673. The summed E-state index contributed by atoms with van der Waals surface area (Å²) < 4.78 is 12.0. The maximum atomic E-state index is 5.59. The number of nitrogens with one attached hydrogen (secondary N) is 2. The number of anilines is 1. The summed E-state index contributed by atoms with van der Waals surface area (Å²) in [5.74, 6) is 2.11. The molecule has 0 saturated carbocycles. The molecular formula is C16H20BrN3O2S. The fourth-order valence-electron chi connectivity index (χ4n) is 1.96. The van der Waals surface area contributed by atoms with Crippen LogP contribution in [0.3, 0.4) is 0 Å². The number of nitrogens with zero attached hydrogens (tertiary/aromatic N) is 1. The van der Waals surface area contributed by atoms with E-state index in [9.17, 15) is 0 Å². The highest BCUT2D eigenvalue weighted by molar-refractivity contribution is 9.10. The zero-order valence-electron chi connectivity index (χ0n) is 13.4. The van der Waals surface area contributed by atoms with Gasteiger partial charge in [-0.2, -0.15) is 0 Å². The molecule has 2 N–H and O–H groups in total. The third-order valence-electron chi connectivity index (χ3n) is 3.00. The number of thiophene rings is 1. The molecule has 1 aromatic carbocycles. The fourth-order valence-corrected chi connectivity index (χ4v) is 3.35. The summed E-state index contributed by atoms with van der Waals surface area (Å²) in [6.45, 7) is 3.24. The Kier molecular flexibility index (Phi) is 6.73. The topological polar surface area (TPSA) is 54.9 Å². The van der Waals surface area contributed by atoms with Crippen LogP contribution in [-0.4, -0.2) is 26.7 Å². The number of halogens is 1. The highest BCUT2D eigenvalue weighted by atomic mass is 79.9. The molecule has 0 radical (unpaired) electrons. The van der Waals surface area contributed by atoms with Gasteiger partial charge in [0.05, 0.1) is 20.3 Å². The number of ether oxygens (including phenoxy) is 2. The van der Waals surface area contributed by atoms with Gasteiger partial charge in [-0.3, -0.25) is 4.99 Å². The predicted molar refractivity (Wildman–Crippen MR) is 100 cm³/mol. The van der Waals surface area contributed by atoms with E-state index in [2.05, 4.69) is 43.0 Å². The first-order valence-corrected chi connectivity index (χ1v) is 8.85. The van der Waals surface area contributed by atoms with E-state index in [0.717, 1.165) is 10.2 Å². The summed E-state index contributed by atoms with van der Waals surface area (Å²) in [5, 5.41) is 8.60. The van der Waals surface area contributed by atoms with Gasteiger partial charge in [0, 0.05) is 33.5 Å². The lowest BCUT2D eigenvalue weighted by atomic mass is 10.2. The Morgan fingerprint density at radius 1 is 1.30 bits per heavy atom. The van der Waals surface area contributed by atoms with E-state index in [0.29, 0.717) is 30.6 Å². The summed E-state index contributed by atoms with van der Waals surface area (Å²) in [6, 6.07) is 7.79. The van der Waals surface area contributed by atoms with Crippen LogP contribution in [0.1, 0.15) is 11.8 Å². The van der Waals surface area contributed by atoms with Crippen molar-refractivity contribution in [2.75, 3.05) is 26.1 Å². The molecule has 0 spiro atoms. The second-order valence-electron chi connectivity index (χ2n) is 4.58. The number of hydrogen-bond acceptors (Lipinski definition) is 4. The zero-order chi connectivity index (χ0) is 16.7. The van der Waals surface area contributed by atoms with Crippen molar-refractivity contribution < 1.29 is 9.47 Å². The molecule has 0 aliphatic heterocycles. The van der Waals surface area contributed by atoms with Gasteiger partial charge in [0.2, 0.25) is 0 Å². The monoisotopic (exact) mass is 397 g/mol. The first kappa shape index (κ1) is 17.6. The van der Waals surface area contributed by atoms with Crippen LogP contribution in [0.4, 0.5) is 5.69 Å². The maximum absolute atomic E-state index is 5.59. The Labute approximate surface area is 148 Å². The molecule has 0 amide bonds. The predicted octanol–water partition coefficient (Wildman–Crippen LogP) is 4.11. The van der Waals surface area contributed by atoms with Crippen LogP contribution in [0.25, 0.3) is 0 Å². The number of rotatable bonds is 6. The van der Waals surface area contributed by atoms with E-state index < -0.39 is 0 Å². The van der Waals surface area contributed by atoms with E-state index in [4.69, 9.17) is 9.47 Å². The molecule has 0 atom stereocenters. The normalized spacial score (nSPS) is 11.2. The fraction of sp³-hybridized carbons (Fsp3) is 0.312. The van der Waals surface area contributed by atoms with Gasteiger partial charge in [-0.1, -0.05) is 0 Å². The lowest BCUT2D eigenvalue weighted by Crippen LogP contribution is -2.29. The zero-order valence-corrected chi connectivity index (χ0v) is 15.8. The smallest absolute Gasteiger partial charge is 0.195 e. The Morgan fingerprint density at radius 3 is 2.74 bits per heavy atom. The number of hydrogen-bond donors (Lipinski definition) is 2. The molecule has 2 aromatic rings. The lowest BCUT2D eigenvalue weighted by Gasteiger charge is -2.14. The summed E-state index contributed by atoms with van der Waals surface area (Å²) in [4.78, 5) is 5.47. The maximum Gasteiger partial charge on any atom is 0.195 e. The van der Waals surface area contributed by atoms with Crippen LogP contribution < -0.4 is 20.1 Å². The molecule has 0 unspecified atom stereocenters. The highest BCUT2D eigenvalue weighted by Gasteiger charge is 2.07. The second kappa shape index (κ2) is 8.79. The molecule has 7 heteroatoms. The number of benzene rings is 1. The van der Waals surface area contributed by atoms with Gasteiger partial charge in [-0.05, 0) is 41.1 Å². The van der Waals surface area contributed by atoms with Crippen molar-refractivity contribution in [3.05, 3.63) is 39.0 Å². The van der Waals surface area contributed by atoms with Gasteiger partial charge >= 0.3 is 0 Å². The molecule has 0 aliphatic carbocycles. The average Bonchev–Trinajstić information content (AvgIpc) is 2.97. The van der Waals surface area contributed by atoms with Crippen LogP contribution in [-0.2, 0) is 6.54 Å². The third-order valence-corrected chi connectivity index (χ3v) is 4.70. The minimum atomic E-state index is 0.583. The summed E-state index contributed by atoms with van der Waals surface area (Å²) >= 11 is 5.15. The largest absolute Gasteiger partial charge is 0.493 e. The minimum Gasteiger partial charge on any atom is -0.493 e. The Hall–Kier alpha value is -1.73. The molecule has 0 saturated heterocycles. The van der Waals surface area contributed by atoms with Gasteiger partial charge in [-0.15, -0.1) is 11.3 Å². The van der Waals surface area contributed by atoms with E-state index >= 15 is 0 Å². The van der Waals surface area contributed by atoms with Crippen LogP contribution in [0.15, 0.2) is 39.1 Å². The number of aliphatic imine (C=N–C) groups is 1. The summed E-state index contributed by atoms with van der Waals surface area (Å²) in [6.07, 6.45) is 0. The second-order valence-corrected chi connectivity index (χ2v) is 6.49. The number of guanidine groups is 1. The highest BCUT2D eigenvalue weighted by Crippen LogP contribution is 2.30. The first-order valence-electron chi connectivity index (χ1n) is 7.17. The number of methoxy groups -OCH3 is 1. The average molecular weight is 398 g/mol. The third kappa shape index (κ3) is 5.14. The van der Waals surface area contributed by atoms with Gasteiger partial charge in [-0.25, -0.2) is 0 Å². The van der Waals surface area contributed by atoms with Gasteiger partial charge < -0.3 is 20.1 Å². The van der Waals surface area contributed by atoms with Gasteiger partial charge in [0.15, 0.2) is 17.5 Å². The van der Waals surface area contributed by atoms with E-state index in [-0.39, 0.29) is 0 Å². The molecule has 0 aliphatic rings. The molecule has 0 bridgehead atoms. The molecule has 1 heterocycles. The van der Waals surface area contributed by atoms with Crippen LogP contribution >= 0.6 is 27.3 Å². The molecule has 1 aromatic heterocycles. The minimum absolute atomic E-state index is 0.583. The molecule has 2 rings (SSSR count). The molecule has 23 heavy (non-hydrogen) atoms. The van der Waals surface area contributed by atoms with E-state index in [1.807, 2.05) is 25.1 Å². The molecule has 124 valence electrons. The first-order chi connectivity index (χ1) is 11.2. The lowest BCUT2D eigenvalue weighted by molar-refractivity contribution is 0.311. The van der Waals surface area contributed by atoms with Gasteiger partial charge in [0.1, 0.15) is 0 Å². The van der Waals surface area contributed by atoms with Crippen molar-refractivity contribution in [1.82, 2.24) is 5.32 Å². The Morgan fingerprint density at radius 2 is 2.13 bits per heavy atom. The van der Waals surface area contributed by atoms with Gasteiger partial charge in [0.25, 0.3) is 0 Å². The van der Waals surface area contributed by atoms with E-state index in [1.165, 1.54) is 4.88 Å². The van der Waals surface area contributed by atoms with Crippen LogP contribution in [0.5, 0.6) is 11.5 Å². The molecule has 0 fully saturated rings. The standard InChI is InChI=1S/C16H20BrN3O2S/c1-4-22-15-8-12(5-6-14(15)21-3)20-16(18-2)19-9-13-7-11(17)10-23-13/h5-8,10H,4,9H2,1-3H3,(H2,18,19,20). The van der Waals surface area contributed by atoms with E-state index in [1.54, 1.807) is 25.5 Å². The van der Waals surface area contributed by atoms with Crippen molar-refractivity contribution >= 4 is 38.9 Å². The van der Waals surface area contributed by atoms with Crippen molar-refractivity contribution in [3.8, 4) is 11.5 Å².